The van der Waals surface area contributed by atoms with E-state index in [9.17, 15) is 4.39 Å². The maximum Gasteiger partial charge on any atom is 0.123 e. The van der Waals surface area contributed by atoms with Gasteiger partial charge < -0.3 is 5.73 Å². The Hall–Kier alpha value is -0.880. The highest BCUT2D eigenvalue weighted by molar-refractivity contribution is 7.15. The van der Waals surface area contributed by atoms with Crippen LogP contribution >= 0.6 is 9.24 Å². The summed E-state index contributed by atoms with van der Waals surface area (Å²) in [5.41, 5.74) is 8.42. The number of hydrogen-bond donors (Lipinski definition) is 1. The van der Waals surface area contributed by atoms with Crippen molar-refractivity contribution in [3.05, 3.63) is 47.2 Å². The highest BCUT2D eigenvalue weighted by Gasteiger charge is 2.11. The number of halogens is 1. The maximum absolute atomic E-state index is 13.4. The fraction of sp³-hybridized carbons (Fsp3) is 0.429. The molecule has 0 saturated carbocycles. The van der Waals surface area contributed by atoms with Gasteiger partial charge in [0.1, 0.15) is 6.17 Å². The molecule has 0 saturated heterocycles. The van der Waals surface area contributed by atoms with Gasteiger partial charge >= 0.3 is 0 Å². The third-order valence-corrected chi connectivity index (χ3v) is 2.34. The van der Waals surface area contributed by atoms with Gasteiger partial charge in [-0.15, -0.1) is 9.24 Å². The summed E-state index contributed by atoms with van der Waals surface area (Å²) in [5, 5.41) is 0. The standard InChI is InChI=1S/C13H20FN.CH5P/c1-6-9(3)10(4)13(11(5)14)8-12(15)7-2;1-2/h6-8,11H,4,15H2,1-3,5H3;2H2,1H3/b9-6+,12-7+,13-8+;. The van der Waals surface area contributed by atoms with Crippen molar-refractivity contribution in [1.82, 2.24) is 0 Å². The summed E-state index contributed by atoms with van der Waals surface area (Å²) < 4.78 is 13.4. The van der Waals surface area contributed by atoms with Gasteiger partial charge in [0.25, 0.3) is 0 Å². The van der Waals surface area contributed by atoms with Gasteiger partial charge in [0, 0.05) is 5.70 Å². The first kappa shape index (κ1) is 18.5. The van der Waals surface area contributed by atoms with Crippen molar-refractivity contribution in [2.45, 2.75) is 33.9 Å². The van der Waals surface area contributed by atoms with E-state index >= 15 is 0 Å². The van der Waals surface area contributed by atoms with Gasteiger partial charge in [0.2, 0.25) is 0 Å². The van der Waals surface area contributed by atoms with Crippen LogP contribution in [0.5, 0.6) is 0 Å². The van der Waals surface area contributed by atoms with E-state index < -0.39 is 6.17 Å². The highest BCUT2D eigenvalue weighted by atomic mass is 31.0. The van der Waals surface area contributed by atoms with Crippen molar-refractivity contribution in [3.63, 3.8) is 0 Å². The van der Waals surface area contributed by atoms with Gasteiger partial charge in [-0.2, -0.15) is 0 Å². The molecule has 0 aliphatic heterocycles. The first-order valence-electron chi connectivity index (χ1n) is 5.61. The smallest absolute Gasteiger partial charge is 0.123 e. The lowest BCUT2D eigenvalue weighted by molar-refractivity contribution is 0.415. The average molecular weight is 257 g/mol. The monoisotopic (exact) mass is 257 g/mol. The van der Waals surface area contributed by atoms with Gasteiger partial charge in [-0.3, -0.25) is 0 Å². The molecule has 0 aromatic rings. The SMILES string of the molecule is C=C(/C(C)=C/C)/C(=C\C(N)=C/C)C(C)F.CP. The molecule has 2 N–H and O–H groups in total. The Morgan fingerprint density at radius 2 is 1.76 bits per heavy atom. The van der Waals surface area contributed by atoms with Crippen LogP contribution in [0.2, 0.25) is 0 Å². The van der Waals surface area contributed by atoms with Crippen molar-refractivity contribution >= 4 is 9.24 Å². The minimum Gasteiger partial charge on any atom is -0.399 e. The molecule has 0 aliphatic carbocycles. The second-order valence-corrected chi connectivity index (χ2v) is 3.45. The topological polar surface area (TPSA) is 26.0 Å². The zero-order valence-corrected chi connectivity index (χ0v) is 12.7. The predicted octanol–water partition coefficient (Wildman–Crippen LogP) is 4.15. The summed E-state index contributed by atoms with van der Waals surface area (Å²) in [6, 6.07) is 0. The molecule has 0 aromatic heterocycles. The van der Waals surface area contributed by atoms with Crippen LogP contribution in [0.15, 0.2) is 47.2 Å². The minimum atomic E-state index is -1.06. The molecule has 0 aliphatic rings. The van der Waals surface area contributed by atoms with E-state index in [2.05, 4.69) is 15.8 Å². The van der Waals surface area contributed by atoms with E-state index in [0.717, 1.165) is 5.57 Å². The normalized spacial score (nSPS) is 14.9. The Labute approximate surface area is 108 Å². The number of alkyl halides is 1. The van der Waals surface area contributed by atoms with Crippen LogP contribution in [-0.4, -0.2) is 12.8 Å². The van der Waals surface area contributed by atoms with E-state index in [1.165, 1.54) is 6.92 Å². The summed E-state index contributed by atoms with van der Waals surface area (Å²) >= 11 is 0. The van der Waals surface area contributed by atoms with E-state index in [1.54, 1.807) is 12.2 Å². The average Bonchev–Trinajstić information content (AvgIpc) is 2.35. The van der Waals surface area contributed by atoms with Gasteiger partial charge in [-0.25, -0.2) is 4.39 Å². The second-order valence-electron chi connectivity index (χ2n) is 3.45. The Bertz CT molecular complexity index is 325. The van der Waals surface area contributed by atoms with Gasteiger partial charge in [-0.05, 0) is 50.5 Å². The second kappa shape index (κ2) is 10.3. The van der Waals surface area contributed by atoms with Crippen molar-refractivity contribution in [1.29, 1.82) is 0 Å². The highest BCUT2D eigenvalue weighted by Crippen LogP contribution is 2.22. The van der Waals surface area contributed by atoms with E-state index in [1.807, 2.05) is 33.5 Å². The molecule has 0 heterocycles. The largest absolute Gasteiger partial charge is 0.399 e. The maximum atomic E-state index is 13.4. The molecule has 1 nitrogen and oxygen atoms in total. The fourth-order valence-electron chi connectivity index (χ4n) is 1.11. The van der Waals surface area contributed by atoms with Crippen LogP contribution in [0.4, 0.5) is 4.39 Å². The van der Waals surface area contributed by atoms with E-state index in [-0.39, 0.29) is 0 Å². The third-order valence-electron chi connectivity index (χ3n) is 2.34. The third kappa shape index (κ3) is 7.12. The molecule has 98 valence electrons. The molecule has 3 heteroatoms. The number of allylic oxidation sites excluding steroid dienone is 6. The number of nitrogens with two attached hydrogens (primary N) is 1. The van der Waals surface area contributed by atoms with Crippen LogP contribution in [-0.2, 0) is 0 Å². The van der Waals surface area contributed by atoms with Gasteiger partial charge in [-0.1, -0.05) is 25.4 Å². The fourth-order valence-corrected chi connectivity index (χ4v) is 1.11. The Morgan fingerprint density at radius 1 is 1.29 bits per heavy atom. The molecule has 0 fully saturated rings. The lowest BCUT2D eigenvalue weighted by Gasteiger charge is -2.13. The summed E-state index contributed by atoms with van der Waals surface area (Å²) in [6.07, 6.45) is 4.22. The molecule has 0 bridgehead atoms. The van der Waals surface area contributed by atoms with Crippen molar-refractivity contribution in [2.75, 3.05) is 6.66 Å². The van der Waals surface area contributed by atoms with E-state index in [4.69, 9.17) is 5.73 Å². The minimum absolute atomic E-state index is 0.543. The predicted molar refractivity (Wildman–Crippen MR) is 80.8 cm³/mol. The zero-order valence-electron chi connectivity index (χ0n) is 11.5. The summed E-state index contributed by atoms with van der Waals surface area (Å²) in [6.45, 7) is 12.9. The number of rotatable bonds is 4. The molecule has 2 unspecified atom stereocenters. The first-order valence-corrected chi connectivity index (χ1v) is 6.77. The molecule has 2 atom stereocenters. The van der Waals surface area contributed by atoms with Gasteiger partial charge in [0.15, 0.2) is 0 Å². The number of hydrogen-bond acceptors (Lipinski definition) is 1. The van der Waals surface area contributed by atoms with Crippen LogP contribution in [0, 0.1) is 0 Å². The Morgan fingerprint density at radius 3 is 2.06 bits per heavy atom. The van der Waals surface area contributed by atoms with Gasteiger partial charge in [0.05, 0.1) is 0 Å². The summed E-state index contributed by atoms with van der Waals surface area (Å²) in [5.74, 6) is 0. The summed E-state index contributed by atoms with van der Waals surface area (Å²) in [7, 11) is 2.42. The van der Waals surface area contributed by atoms with Crippen LogP contribution < -0.4 is 5.73 Å². The van der Waals surface area contributed by atoms with Crippen molar-refractivity contribution in [2.24, 2.45) is 5.73 Å². The van der Waals surface area contributed by atoms with Crippen LogP contribution in [0.1, 0.15) is 27.7 Å². The van der Waals surface area contributed by atoms with Crippen molar-refractivity contribution in [3.8, 4) is 0 Å². The van der Waals surface area contributed by atoms with E-state index in [0.29, 0.717) is 16.8 Å². The molecule has 17 heavy (non-hydrogen) atoms. The molecule has 0 amide bonds. The Kier molecular flexibility index (Phi) is 11.2. The van der Waals surface area contributed by atoms with Crippen LogP contribution in [0.3, 0.4) is 0 Å². The Balaban J connectivity index is 0. The molecule has 0 rings (SSSR count). The van der Waals surface area contributed by atoms with Crippen LogP contribution in [0.25, 0.3) is 0 Å². The molecular formula is C14H25FNP. The quantitative estimate of drug-likeness (QED) is 0.594. The molecule has 0 radical (unpaired) electrons. The van der Waals surface area contributed by atoms with Crippen molar-refractivity contribution < 1.29 is 4.39 Å². The lowest BCUT2D eigenvalue weighted by atomic mass is 9.96. The zero-order chi connectivity index (χ0) is 14.0. The first-order chi connectivity index (χ1) is 7.93. The lowest BCUT2D eigenvalue weighted by Crippen LogP contribution is -2.05. The molecule has 0 aromatic carbocycles. The molecule has 0 spiro atoms. The molecular weight excluding hydrogens is 232 g/mol. The summed E-state index contributed by atoms with van der Waals surface area (Å²) in [4.78, 5) is 0.